The van der Waals surface area contributed by atoms with E-state index in [0.29, 0.717) is 0 Å². The number of hydrogen-bond donors (Lipinski definition) is 1. The molecule has 5 heteroatoms. The van der Waals surface area contributed by atoms with Gasteiger partial charge in [-0.3, -0.25) is 4.90 Å². The van der Waals surface area contributed by atoms with Crippen molar-refractivity contribution in [2.75, 3.05) is 37.6 Å². The summed E-state index contributed by atoms with van der Waals surface area (Å²) in [6.07, 6.45) is 2.91. The lowest BCUT2D eigenvalue weighted by atomic mass is 10.1. The number of anilines is 1. The maximum absolute atomic E-state index is 4.80. The Kier molecular flexibility index (Phi) is 4.52. The van der Waals surface area contributed by atoms with Gasteiger partial charge in [0.15, 0.2) is 5.13 Å². The van der Waals surface area contributed by atoms with E-state index in [9.17, 15) is 0 Å². The molecule has 0 radical (unpaired) electrons. The SMILES string of the molecule is CC(C)(C)NCc1csc(N2CCN(CC3CC3)CC2)n1. The molecular formula is C16H28N4S. The molecule has 1 aliphatic carbocycles. The first-order valence-electron chi connectivity index (χ1n) is 8.16. The molecule has 1 aromatic rings. The molecule has 0 amide bonds. The summed E-state index contributed by atoms with van der Waals surface area (Å²) in [7, 11) is 0. The average molecular weight is 308 g/mol. The molecule has 4 nitrogen and oxygen atoms in total. The molecular weight excluding hydrogens is 280 g/mol. The van der Waals surface area contributed by atoms with Gasteiger partial charge >= 0.3 is 0 Å². The molecule has 1 N–H and O–H groups in total. The molecule has 0 spiro atoms. The van der Waals surface area contributed by atoms with E-state index in [2.05, 4.69) is 41.3 Å². The maximum Gasteiger partial charge on any atom is 0.185 e. The van der Waals surface area contributed by atoms with Gasteiger partial charge in [0.2, 0.25) is 0 Å². The van der Waals surface area contributed by atoms with Crippen molar-refractivity contribution >= 4 is 16.5 Å². The van der Waals surface area contributed by atoms with Crippen LogP contribution in [0.5, 0.6) is 0 Å². The summed E-state index contributed by atoms with van der Waals surface area (Å²) < 4.78 is 0. The van der Waals surface area contributed by atoms with Crippen LogP contribution in [0, 0.1) is 5.92 Å². The lowest BCUT2D eigenvalue weighted by Gasteiger charge is -2.34. The standard InChI is InChI=1S/C16H28N4S/c1-16(2,3)17-10-14-12-21-15(18-14)20-8-6-19(7-9-20)11-13-4-5-13/h12-13,17H,4-11H2,1-3H3. The van der Waals surface area contributed by atoms with Gasteiger partial charge in [0.25, 0.3) is 0 Å². The van der Waals surface area contributed by atoms with Gasteiger partial charge in [-0.25, -0.2) is 4.98 Å². The highest BCUT2D eigenvalue weighted by molar-refractivity contribution is 7.13. The van der Waals surface area contributed by atoms with Crippen LogP contribution in [0.3, 0.4) is 0 Å². The van der Waals surface area contributed by atoms with E-state index in [-0.39, 0.29) is 5.54 Å². The number of thiazole rings is 1. The van der Waals surface area contributed by atoms with Crippen LogP contribution in [0.1, 0.15) is 39.3 Å². The van der Waals surface area contributed by atoms with Crippen LogP contribution in [-0.2, 0) is 6.54 Å². The second-order valence-corrected chi connectivity index (χ2v) is 8.29. The molecule has 21 heavy (non-hydrogen) atoms. The lowest BCUT2D eigenvalue weighted by Crippen LogP contribution is -2.47. The van der Waals surface area contributed by atoms with Gasteiger partial charge in [0.1, 0.15) is 0 Å². The largest absolute Gasteiger partial charge is 0.346 e. The van der Waals surface area contributed by atoms with Crippen molar-refractivity contribution in [3.63, 3.8) is 0 Å². The molecule has 0 aromatic carbocycles. The number of rotatable bonds is 5. The number of nitrogens with zero attached hydrogens (tertiary/aromatic N) is 3. The molecule has 0 bridgehead atoms. The zero-order chi connectivity index (χ0) is 14.9. The summed E-state index contributed by atoms with van der Waals surface area (Å²) in [5, 5.41) is 6.91. The van der Waals surface area contributed by atoms with Gasteiger partial charge in [0.05, 0.1) is 5.69 Å². The van der Waals surface area contributed by atoms with E-state index in [1.54, 1.807) is 11.3 Å². The lowest BCUT2D eigenvalue weighted by molar-refractivity contribution is 0.248. The van der Waals surface area contributed by atoms with E-state index in [4.69, 9.17) is 4.98 Å². The number of piperazine rings is 1. The molecule has 3 rings (SSSR count). The summed E-state index contributed by atoms with van der Waals surface area (Å²) in [4.78, 5) is 9.88. The van der Waals surface area contributed by atoms with Crippen molar-refractivity contribution in [2.45, 2.75) is 45.7 Å². The molecule has 0 atom stereocenters. The Hall–Kier alpha value is -0.650. The smallest absolute Gasteiger partial charge is 0.185 e. The zero-order valence-electron chi connectivity index (χ0n) is 13.6. The third kappa shape index (κ3) is 4.66. The van der Waals surface area contributed by atoms with Gasteiger partial charge in [0, 0.05) is 50.2 Å². The van der Waals surface area contributed by atoms with Crippen LogP contribution in [0.25, 0.3) is 0 Å². The number of nitrogens with one attached hydrogen (secondary N) is 1. The van der Waals surface area contributed by atoms with Crippen LogP contribution in [0.4, 0.5) is 5.13 Å². The topological polar surface area (TPSA) is 31.4 Å². The first kappa shape index (κ1) is 15.3. The fourth-order valence-electron chi connectivity index (χ4n) is 2.67. The molecule has 1 saturated carbocycles. The summed E-state index contributed by atoms with van der Waals surface area (Å²) in [5.74, 6) is 1.01. The minimum absolute atomic E-state index is 0.151. The van der Waals surface area contributed by atoms with E-state index in [0.717, 1.165) is 25.6 Å². The van der Waals surface area contributed by atoms with Crippen LogP contribution in [-0.4, -0.2) is 48.1 Å². The van der Waals surface area contributed by atoms with Crippen LogP contribution >= 0.6 is 11.3 Å². The Labute approximate surface area is 132 Å². The molecule has 0 unspecified atom stereocenters. The Balaban J connectivity index is 1.47. The summed E-state index contributed by atoms with van der Waals surface area (Å²) in [5.41, 5.74) is 1.32. The van der Waals surface area contributed by atoms with Gasteiger partial charge in [-0.15, -0.1) is 11.3 Å². The molecule has 118 valence electrons. The monoisotopic (exact) mass is 308 g/mol. The normalized spacial score (nSPS) is 21.0. The van der Waals surface area contributed by atoms with Gasteiger partial charge in [-0.05, 0) is 39.5 Å². The van der Waals surface area contributed by atoms with Crippen molar-refractivity contribution in [1.82, 2.24) is 15.2 Å². The second kappa shape index (κ2) is 6.23. The number of aromatic nitrogens is 1. The maximum atomic E-state index is 4.80. The molecule has 1 aromatic heterocycles. The van der Waals surface area contributed by atoms with Crippen LogP contribution < -0.4 is 10.2 Å². The minimum Gasteiger partial charge on any atom is -0.346 e. The first-order valence-corrected chi connectivity index (χ1v) is 9.04. The Morgan fingerprint density at radius 3 is 2.57 bits per heavy atom. The predicted molar refractivity (Wildman–Crippen MR) is 90.1 cm³/mol. The Morgan fingerprint density at radius 1 is 1.24 bits per heavy atom. The van der Waals surface area contributed by atoms with Crippen molar-refractivity contribution in [3.05, 3.63) is 11.1 Å². The van der Waals surface area contributed by atoms with Gasteiger partial charge in [-0.2, -0.15) is 0 Å². The zero-order valence-corrected chi connectivity index (χ0v) is 14.4. The van der Waals surface area contributed by atoms with E-state index < -0.39 is 0 Å². The minimum atomic E-state index is 0.151. The molecule has 2 fully saturated rings. The second-order valence-electron chi connectivity index (χ2n) is 7.46. The Bertz CT molecular complexity index is 453. The van der Waals surface area contributed by atoms with Crippen LogP contribution in [0.2, 0.25) is 0 Å². The van der Waals surface area contributed by atoms with Gasteiger partial charge in [-0.1, -0.05) is 0 Å². The predicted octanol–water partition coefficient (Wildman–Crippen LogP) is 2.56. The van der Waals surface area contributed by atoms with Crippen LogP contribution in [0.15, 0.2) is 5.38 Å². The third-order valence-corrected chi connectivity index (χ3v) is 5.15. The van der Waals surface area contributed by atoms with E-state index >= 15 is 0 Å². The van der Waals surface area contributed by atoms with E-state index in [1.165, 1.54) is 43.3 Å². The van der Waals surface area contributed by atoms with Crippen molar-refractivity contribution in [1.29, 1.82) is 0 Å². The van der Waals surface area contributed by atoms with Crippen molar-refractivity contribution in [3.8, 4) is 0 Å². The average Bonchev–Trinajstić information content (AvgIpc) is 3.12. The Morgan fingerprint density at radius 2 is 1.95 bits per heavy atom. The molecule has 2 aliphatic rings. The highest BCUT2D eigenvalue weighted by Gasteiger charge is 2.27. The summed E-state index contributed by atoms with van der Waals surface area (Å²) in [6, 6.07) is 0. The summed E-state index contributed by atoms with van der Waals surface area (Å²) >= 11 is 1.79. The molecule has 2 heterocycles. The van der Waals surface area contributed by atoms with E-state index in [1.807, 2.05) is 0 Å². The van der Waals surface area contributed by atoms with Crippen molar-refractivity contribution in [2.24, 2.45) is 5.92 Å². The molecule has 1 saturated heterocycles. The summed E-state index contributed by atoms with van der Waals surface area (Å²) in [6.45, 7) is 13.4. The fourth-order valence-corrected chi connectivity index (χ4v) is 3.54. The van der Waals surface area contributed by atoms with Gasteiger partial charge < -0.3 is 10.2 Å². The first-order chi connectivity index (χ1) is 9.99. The number of hydrogen-bond acceptors (Lipinski definition) is 5. The highest BCUT2D eigenvalue weighted by Crippen LogP contribution is 2.30. The fraction of sp³-hybridized carbons (Fsp3) is 0.812. The highest BCUT2D eigenvalue weighted by atomic mass is 32.1. The molecule has 1 aliphatic heterocycles. The third-order valence-electron chi connectivity index (χ3n) is 4.20. The quantitative estimate of drug-likeness (QED) is 0.906. The van der Waals surface area contributed by atoms with Crippen molar-refractivity contribution < 1.29 is 0 Å².